The van der Waals surface area contributed by atoms with Gasteiger partial charge in [0.1, 0.15) is 5.76 Å². The van der Waals surface area contributed by atoms with E-state index in [0.717, 1.165) is 0 Å². The van der Waals surface area contributed by atoms with E-state index in [-0.39, 0.29) is 23.2 Å². The number of ketones is 2. The molecule has 0 atom stereocenters. The van der Waals surface area contributed by atoms with Crippen LogP contribution in [0.4, 0.5) is 0 Å². The summed E-state index contributed by atoms with van der Waals surface area (Å²) in [5.41, 5.74) is 0.800. The molecule has 3 heteroatoms. The molecule has 0 radical (unpaired) electrons. The van der Waals surface area contributed by atoms with Gasteiger partial charge in [-0.3, -0.25) is 9.59 Å². The molecular formula is C12H16O3. The molecule has 0 heterocycles. The van der Waals surface area contributed by atoms with Gasteiger partial charge in [0, 0.05) is 11.1 Å². The summed E-state index contributed by atoms with van der Waals surface area (Å²) in [5, 5.41) is 9.90. The third-order valence-corrected chi connectivity index (χ3v) is 2.48. The van der Waals surface area contributed by atoms with Crippen molar-refractivity contribution < 1.29 is 14.7 Å². The van der Waals surface area contributed by atoms with Crippen LogP contribution >= 0.6 is 0 Å². The van der Waals surface area contributed by atoms with Crippen molar-refractivity contribution in [3.05, 3.63) is 23.0 Å². The minimum Gasteiger partial charge on any atom is -0.507 e. The van der Waals surface area contributed by atoms with Gasteiger partial charge in [0.05, 0.1) is 0 Å². The Morgan fingerprint density at radius 1 is 1.07 bits per heavy atom. The molecule has 0 fully saturated rings. The van der Waals surface area contributed by atoms with Crippen LogP contribution in [0.25, 0.3) is 0 Å². The van der Waals surface area contributed by atoms with Crippen molar-refractivity contribution in [2.45, 2.75) is 27.7 Å². The maximum atomic E-state index is 11.5. The molecular weight excluding hydrogens is 192 g/mol. The molecule has 0 aromatic carbocycles. The quantitative estimate of drug-likeness (QED) is 0.559. The average molecular weight is 208 g/mol. The predicted octanol–water partition coefficient (Wildman–Crippen LogP) is 2.19. The van der Waals surface area contributed by atoms with E-state index < -0.39 is 11.6 Å². The maximum absolute atomic E-state index is 11.5. The molecule has 0 saturated heterocycles. The molecule has 82 valence electrons. The fourth-order valence-corrected chi connectivity index (χ4v) is 1.65. The maximum Gasteiger partial charge on any atom is 0.232 e. The van der Waals surface area contributed by atoms with Crippen LogP contribution in [-0.4, -0.2) is 16.7 Å². The van der Waals surface area contributed by atoms with E-state index in [1.165, 1.54) is 6.08 Å². The fourth-order valence-electron chi connectivity index (χ4n) is 1.65. The van der Waals surface area contributed by atoms with Crippen molar-refractivity contribution in [2.75, 3.05) is 0 Å². The van der Waals surface area contributed by atoms with Crippen molar-refractivity contribution in [1.82, 2.24) is 0 Å². The van der Waals surface area contributed by atoms with Gasteiger partial charge >= 0.3 is 0 Å². The van der Waals surface area contributed by atoms with Crippen LogP contribution in [0, 0.1) is 11.8 Å². The predicted molar refractivity (Wildman–Crippen MR) is 57.4 cm³/mol. The Morgan fingerprint density at radius 2 is 1.60 bits per heavy atom. The van der Waals surface area contributed by atoms with Gasteiger partial charge in [-0.25, -0.2) is 0 Å². The lowest BCUT2D eigenvalue weighted by Crippen LogP contribution is -2.25. The Hall–Kier alpha value is -1.38. The minimum atomic E-state index is -0.577. The molecule has 15 heavy (non-hydrogen) atoms. The topological polar surface area (TPSA) is 54.4 Å². The normalized spacial score (nSPS) is 17.9. The van der Waals surface area contributed by atoms with E-state index in [0.29, 0.717) is 5.57 Å². The number of Topliss-reactive ketones (excluding diaryl/α,β-unsaturated/α-hetero) is 1. The number of aliphatic hydroxyl groups excluding tert-OH is 1. The van der Waals surface area contributed by atoms with E-state index in [1.807, 2.05) is 13.8 Å². The average Bonchev–Trinajstić information content (AvgIpc) is 2.10. The lowest BCUT2D eigenvalue weighted by atomic mass is 9.84. The van der Waals surface area contributed by atoms with Crippen molar-refractivity contribution in [1.29, 1.82) is 0 Å². The Balaban J connectivity index is 3.31. The molecule has 0 unspecified atom stereocenters. The monoisotopic (exact) mass is 208 g/mol. The largest absolute Gasteiger partial charge is 0.507 e. The second kappa shape index (κ2) is 4.01. The zero-order valence-electron chi connectivity index (χ0n) is 9.50. The number of aliphatic hydroxyl groups is 1. The number of carbonyl (C=O) groups is 2. The van der Waals surface area contributed by atoms with Gasteiger partial charge in [0.15, 0.2) is 0 Å². The summed E-state index contributed by atoms with van der Waals surface area (Å²) in [6, 6.07) is 0. The van der Waals surface area contributed by atoms with Gasteiger partial charge in [-0.1, -0.05) is 27.7 Å². The highest BCUT2D eigenvalue weighted by molar-refractivity contribution is 6.48. The molecule has 0 amide bonds. The van der Waals surface area contributed by atoms with Gasteiger partial charge in [-0.15, -0.1) is 0 Å². The Kier molecular flexibility index (Phi) is 3.12. The standard InChI is InChI=1S/C12H16O3/c1-6(2)8-5-9(13)12(15)10(7(3)4)11(8)14/h5-7,14H,1-4H3. The number of hydrogen-bond donors (Lipinski definition) is 1. The van der Waals surface area contributed by atoms with E-state index in [1.54, 1.807) is 13.8 Å². The first-order valence-corrected chi connectivity index (χ1v) is 5.10. The Bertz CT molecular complexity index is 370. The summed E-state index contributed by atoms with van der Waals surface area (Å²) >= 11 is 0. The second-order valence-corrected chi connectivity index (χ2v) is 4.36. The molecule has 0 saturated carbocycles. The summed E-state index contributed by atoms with van der Waals surface area (Å²) in [6.45, 7) is 7.34. The molecule has 0 bridgehead atoms. The Labute approximate surface area is 89.5 Å². The van der Waals surface area contributed by atoms with E-state index in [9.17, 15) is 14.7 Å². The van der Waals surface area contributed by atoms with Crippen LogP contribution in [0.2, 0.25) is 0 Å². The molecule has 0 aromatic rings. The number of rotatable bonds is 2. The fraction of sp³-hybridized carbons (Fsp3) is 0.500. The highest BCUT2D eigenvalue weighted by Gasteiger charge is 2.31. The van der Waals surface area contributed by atoms with E-state index in [2.05, 4.69) is 0 Å². The minimum absolute atomic E-state index is 0.00963. The number of hydrogen-bond acceptors (Lipinski definition) is 3. The van der Waals surface area contributed by atoms with Crippen LogP contribution in [-0.2, 0) is 9.59 Å². The number of allylic oxidation sites excluding steroid dienone is 3. The van der Waals surface area contributed by atoms with Crippen LogP contribution < -0.4 is 0 Å². The lowest BCUT2D eigenvalue weighted by molar-refractivity contribution is -0.132. The van der Waals surface area contributed by atoms with Crippen molar-refractivity contribution >= 4 is 11.6 Å². The Morgan fingerprint density at radius 3 is 2.00 bits per heavy atom. The molecule has 0 spiro atoms. The number of carbonyl (C=O) groups excluding carboxylic acids is 2. The zero-order valence-corrected chi connectivity index (χ0v) is 9.50. The smallest absolute Gasteiger partial charge is 0.232 e. The second-order valence-electron chi connectivity index (χ2n) is 4.36. The van der Waals surface area contributed by atoms with E-state index in [4.69, 9.17) is 0 Å². The third kappa shape index (κ3) is 2.01. The summed E-state index contributed by atoms with van der Waals surface area (Å²) in [6.07, 6.45) is 1.24. The first-order valence-electron chi connectivity index (χ1n) is 5.10. The summed E-state index contributed by atoms with van der Waals surface area (Å²) < 4.78 is 0. The molecule has 1 aliphatic rings. The lowest BCUT2D eigenvalue weighted by Gasteiger charge is -2.20. The van der Waals surface area contributed by atoms with E-state index >= 15 is 0 Å². The summed E-state index contributed by atoms with van der Waals surface area (Å²) in [4.78, 5) is 22.9. The van der Waals surface area contributed by atoms with Crippen molar-refractivity contribution in [2.24, 2.45) is 11.8 Å². The van der Waals surface area contributed by atoms with Gasteiger partial charge < -0.3 is 5.11 Å². The van der Waals surface area contributed by atoms with Gasteiger partial charge in [-0.05, 0) is 17.9 Å². The summed E-state index contributed by atoms with van der Waals surface area (Å²) in [5.74, 6) is -1.21. The zero-order chi connectivity index (χ0) is 11.7. The first-order chi connectivity index (χ1) is 6.86. The highest BCUT2D eigenvalue weighted by Crippen LogP contribution is 2.28. The molecule has 0 aromatic heterocycles. The molecule has 0 aliphatic heterocycles. The molecule has 1 aliphatic carbocycles. The van der Waals surface area contributed by atoms with Crippen LogP contribution in [0.1, 0.15) is 27.7 Å². The third-order valence-electron chi connectivity index (χ3n) is 2.48. The molecule has 3 nitrogen and oxygen atoms in total. The van der Waals surface area contributed by atoms with Crippen LogP contribution in [0.15, 0.2) is 23.0 Å². The SMILES string of the molecule is CC(C)C1=CC(=O)C(=O)C(C(C)C)=C1O. The van der Waals surface area contributed by atoms with Crippen molar-refractivity contribution in [3.63, 3.8) is 0 Å². The van der Waals surface area contributed by atoms with Crippen molar-refractivity contribution in [3.8, 4) is 0 Å². The van der Waals surface area contributed by atoms with Crippen LogP contribution in [0.5, 0.6) is 0 Å². The van der Waals surface area contributed by atoms with Crippen LogP contribution in [0.3, 0.4) is 0 Å². The summed E-state index contributed by atoms with van der Waals surface area (Å²) in [7, 11) is 0. The molecule has 1 rings (SSSR count). The highest BCUT2D eigenvalue weighted by atomic mass is 16.3. The van der Waals surface area contributed by atoms with Gasteiger partial charge in [0.2, 0.25) is 11.6 Å². The van der Waals surface area contributed by atoms with Gasteiger partial charge in [-0.2, -0.15) is 0 Å². The molecule has 1 N–H and O–H groups in total. The first kappa shape index (κ1) is 11.7. The van der Waals surface area contributed by atoms with Gasteiger partial charge in [0.25, 0.3) is 0 Å².